The molecule has 18 heterocycles. The fourth-order valence-electron chi connectivity index (χ4n) is 18.7. The van der Waals surface area contributed by atoms with Gasteiger partial charge in [-0.3, -0.25) is 0 Å². The van der Waals surface area contributed by atoms with E-state index in [1.807, 2.05) is 63.6 Å². The number of rotatable bonds is 3. The number of furan rings is 3. The fourth-order valence-corrected chi connectivity index (χ4v) is 47.7. The number of benzene rings is 9. The summed E-state index contributed by atoms with van der Waals surface area (Å²) in [5.41, 5.74) is 26.7. The molecule has 0 saturated heterocycles. The van der Waals surface area contributed by atoms with Gasteiger partial charge in [0.25, 0.3) is 0 Å². The Morgan fingerprint density at radius 3 is 1.44 bits per heavy atom. The summed E-state index contributed by atoms with van der Waals surface area (Å²) in [5, 5.41) is 9.65. The maximum absolute atomic E-state index is 14.1. The van der Waals surface area contributed by atoms with E-state index < -0.39 is 27.7 Å². The van der Waals surface area contributed by atoms with E-state index in [9.17, 15) is 16.8 Å². The molecule has 0 atom stereocenters. The Hall–Kier alpha value is -9.42. The van der Waals surface area contributed by atoms with Gasteiger partial charge in [-0.1, -0.05) is 84.9 Å². The minimum absolute atomic E-state index is 0.0660. The van der Waals surface area contributed by atoms with Crippen molar-refractivity contribution in [2.24, 2.45) is 0 Å². The van der Waals surface area contributed by atoms with E-state index in [4.69, 9.17) is 13.3 Å². The molecule has 0 saturated carbocycles. The zero-order valence-electron chi connectivity index (χ0n) is 64.5. The van der Waals surface area contributed by atoms with Crippen LogP contribution in [0.15, 0.2) is 205 Å². The summed E-state index contributed by atoms with van der Waals surface area (Å²) in [7, 11) is -9.93. The van der Waals surface area contributed by atoms with Gasteiger partial charge in [-0.05, 0) is 140 Å². The van der Waals surface area contributed by atoms with Crippen LogP contribution in [0.2, 0.25) is 13.1 Å². The molecule has 0 spiro atoms. The molecule has 22 heteroatoms. The number of nitrogens with zero attached hydrogens (tertiary/aromatic N) is 3. The van der Waals surface area contributed by atoms with Crippen LogP contribution in [0.1, 0.15) is 60.5 Å². The second-order valence-electron chi connectivity index (χ2n) is 32.5. The van der Waals surface area contributed by atoms with Gasteiger partial charge in [0.1, 0.15) is 39.4 Å². The number of thiophene rings is 7. The molecular weight excluding hydrogens is 1770 g/mol. The Morgan fingerprint density at radius 2 is 0.812 bits per heavy atom. The van der Waals surface area contributed by atoms with Gasteiger partial charge in [0.15, 0.2) is 16.7 Å². The summed E-state index contributed by atoms with van der Waals surface area (Å²) < 4.78 is 103. The molecule has 15 aromatic heterocycles. The molecule has 27 rings (SSSR count). The molecule has 0 N–H and O–H groups in total. The third kappa shape index (κ3) is 9.48. The van der Waals surface area contributed by atoms with Crippen LogP contribution in [-0.2, 0) is 19.7 Å². The molecule has 0 radical (unpaired) electrons. The molecule has 570 valence electrons. The van der Waals surface area contributed by atoms with Crippen LogP contribution in [0.5, 0.6) is 0 Å². The first-order valence-corrected chi connectivity index (χ1v) is 53.6. The van der Waals surface area contributed by atoms with Crippen molar-refractivity contribution in [3.8, 4) is 26.8 Å². The topological polar surface area (TPSA) is 122 Å². The quantitative estimate of drug-likeness (QED) is 0.161. The Morgan fingerprint density at radius 1 is 0.325 bits per heavy atom. The monoisotopic (exact) mass is 1830 g/mol. The van der Waals surface area contributed by atoms with Crippen molar-refractivity contribution in [1.29, 1.82) is 0 Å². The van der Waals surface area contributed by atoms with Crippen LogP contribution < -0.4 is 10.4 Å². The Bertz CT molecular complexity index is 9000. The maximum Gasteiger partial charge on any atom is 0.211 e. The van der Waals surface area contributed by atoms with Crippen LogP contribution in [0.3, 0.4) is 0 Å². The molecule has 0 unspecified atom stereocenters. The van der Waals surface area contributed by atoms with Gasteiger partial charge in [0, 0.05) is 46.9 Å². The summed E-state index contributed by atoms with van der Waals surface area (Å²) in [6.07, 6.45) is 0. The third-order valence-corrected chi connectivity index (χ3v) is 48.0. The fraction of sp³-hybridized carbons (Fsp3) is 0.116. The zero-order chi connectivity index (χ0) is 79.1. The number of hydrogen-bond donors (Lipinski definition) is 0. The van der Waals surface area contributed by atoms with Crippen molar-refractivity contribution < 1.29 is 30.1 Å². The van der Waals surface area contributed by atoms with Crippen LogP contribution in [0, 0.1) is 62.3 Å². The molecule has 0 aliphatic carbocycles. The Kier molecular flexibility index (Phi) is 14.6. The summed E-state index contributed by atoms with van der Waals surface area (Å²) in [6.45, 7) is 24.0. The van der Waals surface area contributed by atoms with Gasteiger partial charge in [-0.2, -0.15) is 0 Å². The molecule has 10 nitrogen and oxygen atoms in total. The van der Waals surface area contributed by atoms with Crippen molar-refractivity contribution in [3.63, 3.8) is 0 Å². The first-order chi connectivity index (χ1) is 56.4. The minimum Gasteiger partial charge on any atom is -0.453 e. The van der Waals surface area contributed by atoms with Crippen molar-refractivity contribution >= 4 is 319 Å². The second-order valence-corrected chi connectivity index (χ2v) is 51.9. The van der Waals surface area contributed by atoms with E-state index in [0.717, 1.165) is 71.4 Å². The SMILES string of the molecule is Cc1ccc(-n2c3c4ccc(C)cc4oc3c3sc4c(sc5c4[se]c4c6ccc(C)cc6[se]c54)c32)cc1.Cc1ccc(-n2c3c4ccc(C)cc4oc3c3sc4c5c(sc4c32)-c2sc3cc(C)ccc3c2[Si]5(C)C)cc1.Cc1ccc(-n2c3cc(C)ccc3c3oc4c5sc6c(c5sc4c32)S(=O)(=O)C2=C6S(=O)(=O)c3cc(C)ccc32)cc1. The van der Waals surface area contributed by atoms with E-state index >= 15 is 0 Å². The Labute approximate surface area is 709 Å². The molecule has 0 fully saturated rings. The van der Waals surface area contributed by atoms with E-state index in [2.05, 4.69) is 239 Å². The second kappa shape index (κ2) is 24.2. The van der Waals surface area contributed by atoms with Crippen LogP contribution in [0.25, 0.3) is 199 Å². The van der Waals surface area contributed by atoms with Crippen molar-refractivity contribution in [3.05, 3.63) is 243 Å². The van der Waals surface area contributed by atoms with E-state index in [-0.39, 0.29) is 25.2 Å². The summed E-state index contributed by atoms with van der Waals surface area (Å²) >= 11 is 13.3. The number of aryl methyl sites for hydroxylation is 9. The summed E-state index contributed by atoms with van der Waals surface area (Å²) in [6, 6.07) is 64.7. The Balaban J connectivity index is 0.0000000981. The third-order valence-electron chi connectivity index (χ3n) is 24.1. The van der Waals surface area contributed by atoms with Crippen molar-refractivity contribution in [1.82, 2.24) is 13.7 Å². The largest absolute Gasteiger partial charge is 0.453 e. The zero-order valence-corrected chi connectivity index (χ0v) is 76.3. The molecule has 0 amide bonds. The number of sulfone groups is 2. The summed E-state index contributed by atoms with van der Waals surface area (Å²) in [4.78, 5) is 3.33. The molecule has 117 heavy (non-hydrogen) atoms. The minimum atomic E-state index is -4.07. The number of aromatic nitrogens is 3. The maximum atomic E-state index is 14.1. The van der Waals surface area contributed by atoms with Crippen LogP contribution >= 0.6 is 79.4 Å². The van der Waals surface area contributed by atoms with E-state index in [1.54, 1.807) is 57.2 Å². The molecule has 3 aliphatic rings. The van der Waals surface area contributed by atoms with Gasteiger partial charge < -0.3 is 18.0 Å². The average molecular weight is 1830 g/mol. The summed E-state index contributed by atoms with van der Waals surface area (Å²) in [5.74, 6) is 0. The van der Waals surface area contributed by atoms with Gasteiger partial charge >= 0.3 is 233 Å². The van der Waals surface area contributed by atoms with Gasteiger partial charge in [-0.25, -0.2) is 16.8 Å². The van der Waals surface area contributed by atoms with Crippen LogP contribution in [0.4, 0.5) is 0 Å². The van der Waals surface area contributed by atoms with Crippen molar-refractivity contribution in [2.75, 3.05) is 0 Å². The smallest absolute Gasteiger partial charge is 0.211 e. The predicted octanol–water partition coefficient (Wildman–Crippen LogP) is 27.2. The molecular formula is C95H63N3O7S9Se2Si. The first kappa shape index (κ1) is 70.6. The average Bonchev–Trinajstić information content (AvgIpc) is 1.50. The van der Waals surface area contributed by atoms with E-state index in [1.165, 1.54) is 154 Å². The normalized spacial score (nSPS) is 14.8. The first-order valence-electron chi connectivity index (χ1n) is 38.5. The molecule has 3 aliphatic heterocycles. The van der Waals surface area contributed by atoms with E-state index in [0.29, 0.717) is 48.9 Å². The molecule has 24 aromatic rings. The van der Waals surface area contributed by atoms with Crippen LogP contribution in [-0.4, -0.2) is 67.6 Å². The molecule has 9 aromatic carbocycles. The standard InChI is InChI=1S/C33H25NOS3Si.C31H19NO5S4.C31H19NOS2Se2/c1-16-6-10-19(11-7-16)34-24-20-12-8-17(2)14-22(20)35-26(24)27-25(34)28-29(37-27)33-31(38-28)30-32(39(33,4)5)21-13-9-18(3)15-23(21)36-30;1-14-4-8-17(9-5-14)32-20-12-15(2)6-10-18(20)23-22(32)25-24(37-23)26-27(38-25)30-28(39-26)31-29(41(30,35)36)19-11-7-16(3)13-21(19)40(31,33)34;1-14-4-8-17(9-5-14)32-22-18-10-6-15(2)12-20(18)33-24(22)25-23(32)26-27(34-25)30-28(35-26)31-29(37-30)19-11-7-16(3)13-21(19)36-31/h6-15H,1-5H3;4-13H,1-3H3;4-13H,1-3H3. The molecule has 0 bridgehead atoms. The number of hydrogen-bond acceptors (Lipinski definition) is 14. The van der Waals surface area contributed by atoms with Gasteiger partial charge in [0.05, 0.1) is 44.3 Å². The predicted molar refractivity (Wildman–Crippen MR) is 506 cm³/mol. The number of fused-ring (bicyclic) bond motifs is 38. The van der Waals surface area contributed by atoms with Crippen molar-refractivity contribution in [2.45, 2.75) is 85.2 Å². The van der Waals surface area contributed by atoms with Gasteiger partial charge in [0.2, 0.25) is 19.7 Å². The van der Waals surface area contributed by atoms with Gasteiger partial charge in [-0.15, -0.1) is 56.7 Å².